The van der Waals surface area contributed by atoms with E-state index in [1.165, 1.54) is 17.7 Å². The van der Waals surface area contributed by atoms with E-state index >= 15 is 0 Å². The van der Waals surface area contributed by atoms with Gasteiger partial charge in [0.2, 0.25) is 0 Å². The molecule has 0 atom stereocenters. The highest BCUT2D eigenvalue weighted by Crippen LogP contribution is 2.37. The second-order valence-corrected chi connectivity index (χ2v) is 5.88. The van der Waals surface area contributed by atoms with Gasteiger partial charge in [-0.15, -0.1) is 0 Å². The summed E-state index contributed by atoms with van der Waals surface area (Å²) < 4.78 is 14.3. The Kier molecular flexibility index (Phi) is 3.67. The van der Waals surface area contributed by atoms with Crippen molar-refractivity contribution in [2.45, 2.75) is 6.92 Å². The lowest BCUT2D eigenvalue weighted by molar-refractivity contribution is 0.628. The van der Waals surface area contributed by atoms with Gasteiger partial charge in [-0.05, 0) is 52.8 Å². The Labute approximate surface area is 135 Å². The summed E-state index contributed by atoms with van der Waals surface area (Å²) in [5.41, 5.74) is 10.7. The van der Waals surface area contributed by atoms with Gasteiger partial charge in [0.05, 0.1) is 11.3 Å². The molecule has 0 saturated heterocycles. The maximum absolute atomic E-state index is 13.1. The molecule has 0 aliphatic carbocycles. The molecule has 0 aliphatic rings. The molecular formula is C16H13FIN3. The van der Waals surface area contributed by atoms with Gasteiger partial charge in [0.25, 0.3) is 0 Å². The average Bonchev–Trinajstić information content (AvgIpc) is 2.85. The lowest BCUT2D eigenvalue weighted by Crippen LogP contribution is -1.91. The van der Waals surface area contributed by atoms with Crippen LogP contribution in [0.2, 0.25) is 0 Å². The van der Waals surface area contributed by atoms with Crippen molar-refractivity contribution >= 4 is 28.4 Å². The predicted octanol–water partition coefficient (Wildman–Crippen LogP) is 4.38. The monoisotopic (exact) mass is 393 g/mol. The number of nitrogens with zero attached hydrogens (tertiary/aromatic N) is 1. The van der Waals surface area contributed by atoms with Gasteiger partial charge in [-0.2, -0.15) is 5.10 Å². The summed E-state index contributed by atoms with van der Waals surface area (Å²) in [5, 5.41) is 7.12. The molecule has 106 valence electrons. The molecule has 0 aliphatic heterocycles. The number of aryl methyl sites for hydroxylation is 1. The molecule has 3 nitrogen and oxygen atoms in total. The lowest BCUT2D eigenvalue weighted by Gasteiger charge is -2.08. The highest BCUT2D eigenvalue weighted by atomic mass is 127. The maximum atomic E-state index is 13.1. The number of aromatic nitrogens is 2. The Balaban J connectivity index is 2.22. The number of nitrogens with one attached hydrogen (secondary N) is 1. The molecule has 3 rings (SSSR count). The molecule has 0 bridgehead atoms. The van der Waals surface area contributed by atoms with E-state index in [-0.39, 0.29) is 5.82 Å². The van der Waals surface area contributed by atoms with Gasteiger partial charge in [-0.25, -0.2) is 4.39 Å². The lowest BCUT2D eigenvalue weighted by atomic mass is 10.00. The number of nitrogens with two attached hydrogens (primary N) is 1. The highest BCUT2D eigenvalue weighted by molar-refractivity contribution is 14.1. The van der Waals surface area contributed by atoms with Crippen molar-refractivity contribution in [3.63, 3.8) is 0 Å². The number of rotatable bonds is 2. The molecular weight excluding hydrogens is 380 g/mol. The summed E-state index contributed by atoms with van der Waals surface area (Å²) in [6, 6.07) is 12.3. The number of aromatic amines is 1. The number of benzene rings is 2. The molecule has 1 heterocycles. The van der Waals surface area contributed by atoms with Crippen molar-refractivity contribution < 1.29 is 4.39 Å². The van der Waals surface area contributed by atoms with Crippen LogP contribution in [0.1, 0.15) is 5.56 Å². The maximum Gasteiger partial charge on any atom is 0.153 e. The second kappa shape index (κ2) is 5.48. The zero-order valence-corrected chi connectivity index (χ0v) is 13.5. The van der Waals surface area contributed by atoms with E-state index in [0.29, 0.717) is 5.82 Å². The van der Waals surface area contributed by atoms with Crippen LogP contribution in [0.5, 0.6) is 0 Å². The first-order chi connectivity index (χ1) is 10.1. The number of H-pyrrole nitrogens is 1. The zero-order chi connectivity index (χ0) is 15.0. The molecule has 2 aromatic carbocycles. The van der Waals surface area contributed by atoms with Gasteiger partial charge in [0.15, 0.2) is 5.82 Å². The Morgan fingerprint density at radius 3 is 2.57 bits per heavy atom. The Hall–Kier alpha value is -1.89. The molecule has 3 aromatic rings. The minimum absolute atomic E-state index is 0.271. The summed E-state index contributed by atoms with van der Waals surface area (Å²) in [4.78, 5) is 0. The van der Waals surface area contributed by atoms with Crippen LogP contribution in [0.3, 0.4) is 0 Å². The topological polar surface area (TPSA) is 54.7 Å². The van der Waals surface area contributed by atoms with Gasteiger partial charge in [-0.1, -0.05) is 30.3 Å². The van der Waals surface area contributed by atoms with Gasteiger partial charge in [0.1, 0.15) is 5.82 Å². The summed E-state index contributed by atoms with van der Waals surface area (Å²) in [6.45, 7) is 2.06. The molecule has 1 aromatic heterocycles. The molecule has 0 amide bonds. The highest BCUT2D eigenvalue weighted by Gasteiger charge is 2.17. The SMILES string of the molecule is Cc1cccc(-c2[nH]nc(N)c2-c2ccc(F)cc2)c1I. The van der Waals surface area contributed by atoms with Crippen molar-refractivity contribution in [3.05, 3.63) is 57.4 Å². The first-order valence-corrected chi connectivity index (χ1v) is 7.51. The molecule has 5 heteroatoms. The van der Waals surface area contributed by atoms with Crippen LogP contribution >= 0.6 is 22.6 Å². The fourth-order valence-corrected chi connectivity index (χ4v) is 2.93. The number of halogens is 2. The Morgan fingerprint density at radius 1 is 1.14 bits per heavy atom. The van der Waals surface area contributed by atoms with E-state index < -0.39 is 0 Å². The quantitative estimate of drug-likeness (QED) is 0.635. The Bertz CT molecular complexity index is 794. The van der Waals surface area contributed by atoms with E-state index in [2.05, 4.69) is 45.8 Å². The zero-order valence-electron chi connectivity index (χ0n) is 11.3. The molecule has 0 fully saturated rings. The summed E-state index contributed by atoms with van der Waals surface area (Å²) in [5.74, 6) is 0.140. The van der Waals surface area contributed by atoms with Crippen molar-refractivity contribution in [3.8, 4) is 22.4 Å². The predicted molar refractivity (Wildman–Crippen MR) is 91.3 cm³/mol. The largest absolute Gasteiger partial charge is 0.382 e. The number of anilines is 1. The van der Waals surface area contributed by atoms with E-state index in [9.17, 15) is 4.39 Å². The van der Waals surface area contributed by atoms with Gasteiger partial charge in [-0.3, -0.25) is 5.10 Å². The van der Waals surface area contributed by atoms with Crippen LogP contribution in [-0.2, 0) is 0 Å². The van der Waals surface area contributed by atoms with Crippen LogP contribution < -0.4 is 5.73 Å². The van der Waals surface area contributed by atoms with Gasteiger partial charge < -0.3 is 5.73 Å². The number of hydrogen-bond acceptors (Lipinski definition) is 2. The van der Waals surface area contributed by atoms with Crippen LogP contribution in [0.15, 0.2) is 42.5 Å². The molecule has 0 spiro atoms. The van der Waals surface area contributed by atoms with E-state index in [4.69, 9.17) is 5.73 Å². The summed E-state index contributed by atoms with van der Waals surface area (Å²) in [7, 11) is 0. The first-order valence-electron chi connectivity index (χ1n) is 6.43. The Morgan fingerprint density at radius 2 is 1.86 bits per heavy atom. The molecule has 3 N–H and O–H groups in total. The molecule has 0 radical (unpaired) electrons. The first kappa shape index (κ1) is 14.1. The van der Waals surface area contributed by atoms with E-state index in [1.54, 1.807) is 12.1 Å². The third-order valence-corrected chi connectivity index (χ3v) is 4.82. The summed E-state index contributed by atoms with van der Waals surface area (Å²) >= 11 is 2.31. The fourth-order valence-electron chi connectivity index (χ4n) is 2.30. The number of nitrogen functional groups attached to an aromatic ring is 1. The molecule has 0 unspecified atom stereocenters. The third kappa shape index (κ3) is 2.53. The van der Waals surface area contributed by atoms with Crippen LogP contribution in [-0.4, -0.2) is 10.2 Å². The van der Waals surface area contributed by atoms with E-state index in [1.807, 2.05) is 12.1 Å². The smallest absolute Gasteiger partial charge is 0.153 e. The minimum Gasteiger partial charge on any atom is -0.382 e. The van der Waals surface area contributed by atoms with Gasteiger partial charge >= 0.3 is 0 Å². The van der Waals surface area contributed by atoms with Gasteiger partial charge in [0, 0.05) is 9.13 Å². The molecule has 21 heavy (non-hydrogen) atoms. The minimum atomic E-state index is -0.271. The van der Waals surface area contributed by atoms with Crippen LogP contribution in [0, 0.1) is 16.3 Å². The second-order valence-electron chi connectivity index (χ2n) is 4.80. The standard InChI is InChI=1S/C16H13FIN3/c1-9-3-2-4-12(14(9)18)15-13(16(19)21-20-15)10-5-7-11(17)8-6-10/h2-8H,1H3,(H3,19,20,21). The average molecular weight is 393 g/mol. The van der Waals surface area contributed by atoms with Crippen molar-refractivity contribution in [1.29, 1.82) is 0 Å². The molecule has 0 saturated carbocycles. The summed E-state index contributed by atoms with van der Waals surface area (Å²) in [6.07, 6.45) is 0. The van der Waals surface area contributed by atoms with Crippen molar-refractivity contribution in [2.24, 2.45) is 0 Å². The fraction of sp³-hybridized carbons (Fsp3) is 0.0625. The van der Waals surface area contributed by atoms with Crippen LogP contribution in [0.4, 0.5) is 10.2 Å². The number of hydrogen-bond donors (Lipinski definition) is 2. The van der Waals surface area contributed by atoms with Crippen molar-refractivity contribution in [1.82, 2.24) is 10.2 Å². The van der Waals surface area contributed by atoms with Crippen LogP contribution in [0.25, 0.3) is 22.4 Å². The normalized spacial score (nSPS) is 10.8. The third-order valence-electron chi connectivity index (χ3n) is 3.39. The van der Waals surface area contributed by atoms with Crippen molar-refractivity contribution in [2.75, 3.05) is 5.73 Å². The van der Waals surface area contributed by atoms with E-state index in [0.717, 1.165) is 26.0 Å².